The summed E-state index contributed by atoms with van der Waals surface area (Å²) in [6.45, 7) is 7.11. The van der Waals surface area contributed by atoms with E-state index in [4.69, 9.17) is 28.8 Å². The monoisotopic (exact) mass is 869 g/mol. The summed E-state index contributed by atoms with van der Waals surface area (Å²) in [6.07, 6.45) is 16.9. The van der Waals surface area contributed by atoms with E-state index < -0.39 is 11.9 Å². The van der Waals surface area contributed by atoms with Crippen molar-refractivity contribution >= 4 is 48.4 Å². The van der Waals surface area contributed by atoms with Gasteiger partial charge in [0, 0.05) is 16.5 Å². The molecule has 2 aliphatic rings. The smallest absolute Gasteiger partial charge is 0.339 e. The number of anilines is 1. The molecule has 0 heterocycles. The highest BCUT2D eigenvalue weighted by Crippen LogP contribution is 2.31. The first kappa shape index (κ1) is 47.7. The topological polar surface area (TPSA) is 142 Å². The Bertz CT molecular complexity index is 1920. The molecular formula is C49H63N3O9S. The van der Waals surface area contributed by atoms with Gasteiger partial charge in [0.1, 0.15) is 23.4 Å². The Morgan fingerprint density at radius 3 is 2.11 bits per heavy atom. The third-order valence-electron chi connectivity index (χ3n) is 11.2. The van der Waals surface area contributed by atoms with E-state index in [0.29, 0.717) is 73.8 Å². The van der Waals surface area contributed by atoms with Gasteiger partial charge in [-0.25, -0.2) is 14.7 Å². The molecule has 3 aromatic carbocycles. The molecule has 1 N–H and O–H groups in total. The van der Waals surface area contributed by atoms with Crippen LogP contribution >= 0.6 is 12.6 Å². The molecule has 0 atom stereocenters. The lowest BCUT2D eigenvalue weighted by molar-refractivity contribution is -0.141. The van der Waals surface area contributed by atoms with Crippen LogP contribution in [0.25, 0.3) is 0 Å². The van der Waals surface area contributed by atoms with Crippen molar-refractivity contribution in [1.29, 1.82) is 0 Å². The molecule has 0 aliphatic heterocycles. The number of hydrogen-bond acceptors (Lipinski definition) is 13. The van der Waals surface area contributed by atoms with Gasteiger partial charge in [-0.1, -0.05) is 64.2 Å². The molecule has 0 aromatic heterocycles. The van der Waals surface area contributed by atoms with Gasteiger partial charge in [-0.3, -0.25) is 15.0 Å². The first-order chi connectivity index (χ1) is 30.2. The van der Waals surface area contributed by atoms with Gasteiger partial charge in [0.25, 0.3) is 0 Å². The lowest BCUT2D eigenvalue weighted by Gasteiger charge is -2.27. The molecule has 13 heteroatoms. The van der Waals surface area contributed by atoms with Crippen LogP contribution in [-0.2, 0) is 23.9 Å². The SMILES string of the molecule is C=CC(=O)OCCCCCCOc1ccc(OC(=O)C2CCC(OC(=O)c3ccc(OC(=O)C4CCCCC4)cc3/C=N/N(CCCCCC)Nc3ccccc3S)CC2)cc1. The zero-order valence-corrected chi connectivity index (χ0v) is 37.0. The van der Waals surface area contributed by atoms with E-state index in [1.807, 2.05) is 24.3 Å². The van der Waals surface area contributed by atoms with Gasteiger partial charge in [-0.05, 0) is 125 Å². The summed E-state index contributed by atoms with van der Waals surface area (Å²) in [6, 6.07) is 19.6. The highest BCUT2D eigenvalue weighted by Gasteiger charge is 2.31. The Kier molecular flexibility index (Phi) is 20.2. The number of carbonyl (C=O) groups is 4. The van der Waals surface area contributed by atoms with Crippen LogP contribution in [-0.4, -0.2) is 61.1 Å². The Morgan fingerprint density at radius 1 is 0.758 bits per heavy atom. The summed E-state index contributed by atoms with van der Waals surface area (Å²) in [5.74, 6) is -0.464. The molecule has 12 nitrogen and oxygen atoms in total. The molecule has 2 fully saturated rings. The van der Waals surface area contributed by atoms with Gasteiger partial charge < -0.3 is 23.7 Å². The highest BCUT2D eigenvalue weighted by atomic mass is 32.1. The number of hydrazine groups is 1. The highest BCUT2D eigenvalue weighted by molar-refractivity contribution is 7.80. The molecule has 0 radical (unpaired) electrons. The Balaban J connectivity index is 1.15. The van der Waals surface area contributed by atoms with Crippen molar-refractivity contribution in [1.82, 2.24) is 5.12 Å². The fourth-order valence-electron chi connectivity index (χ4n) is 7.52. The van der Waals surface area contributed by atoms with Gasteiger partial charge >= 0.3 is 23.9 Å². The number of benzene rings is 3. The number of ether oxygens (including phenoxy) is 5. The molecule has 5 rings (SSSR count). The fraction of sp³-hybridized carbons (Fsp3) is 0.490. The van der Waals surface area contributed by atoms with Crippen LogP contribution in [0.1, 0.15) is 132 Å². The number of thiol groups is 1. The maximum absolute atomic E-state index is 13.8. The number of carbonyl (C=O) groups excluding carboxylic acids is 4. The number of nitrogens with one attached hydrogen (secondary N) is 1. The summed E-state index contributed by atoms with van der Waals surface area (Å²) >= 11 is 4.61. The van der Waals surface area contributed by atoms with Gasteiger partial charge in [-0.2, -0.15) is 5.10 Å². The van der Waals surface area contributed by atoms with Crippen LogP contribution < -0.4 is 19.6 Å². The molecule has 0 amide bonds. The average Bonchev–Trinajstić information content (AvgIpc) is 3.29. The van der Waals surface area contributed by atoms with Crippen LogP contribution in [0.3, 0.4) is 0 Å². The van der Waals surface area contributed by atoms with E-state index in [0.717, 1.165) is 100 Å². The van der Waals surface area contributed by atoms with Crippen LogP contribution in [0.2, 0.25) is 0 Å². The van der Waals surface area contributed by atoms with Crippen molar-refractivity contribution in [2.45, 2.75) is 127 Å². The molecule has 2 aliphatic carbocycles. The third kappa shape index (κ3) is 16.2. The molecular weight excluding hydrogens is 807 g/mol. The standard InChI is InChI=1S/C49H63N3O9S/c1-3-5-6-14-31-52(51-44-19-12-13-20-45(44)62)50-35-38-34-42(61-47(54)36-17-10-9-11-18-36)29-30-43(38)49(56)60-40-23-21-37(22-24-40)48(55)59-41-27-25-39(26-28-41)57-32-15-7-8-16-33-58-46(53)4-2/h4,12-13,19-20,25-30,34-37,40,51,62H,2-3,5-11,14-18,21-24,31-33H2,1H3/b50-35+. The van der Waals surface area contributed by atoms with Crippen molar-refractivity contribution in [3.63, 3.8) is 0 Å². The zero-order valence-electron chi connectivity index (χ0n) is 36.1. The first-order valence-electron chi connectivity index (χ1n) is 22.4. The summed E-state index contributed by atoms with van der Waals surface area (Å²) in [5, 5.41) is 6.51. The van der Waals surface area contributed by atoms with Gasteiger partial charge in [0.05, 0.1) is 49.1 Å². The van der Waals surface area contributed by atoms with Crippen LogP contribution in [0.4, 0.5) is 5.69 Å². The average molecular weight is 870 g/mol. The molecule has 0 saturated heterocycles. The molecule has 3 aromatic rings. The lowest BCUT2D eigenvalue weighted by atomic mass is 9.87. The predicted octanol–water partition coefficient (Wildman–Crippen LogP) is 10.7. The number of hydrogen-bond donors (Lipinski definition) is 2. The zero-order chi connectivity index (χ0) is 43.9. The number of nitrogens with zero attached hydrogens (tertiary/aromatic N) is 2. The summed E-state index contributed by atoms with van der Waals surface area (Å²) in [4.78, 5) is 51.9. The molecule has 0 spiro atoms. The van der Waals surface area contributed by atoms with Gasteiger partial charge in [-0.15, -0.1) is 12.6 Å². The molecule has 0 unspecified atom stereocenters. The van der Waals surface area contributed by atoms with E-state index in [1.165, 1.54) is 0 Å². The number of esters is 4. The maximum Gasteiger partial charge on any atom is 0.339 e. The number of rotatable bonds is 24. The van der Waals surface area contributed by atoms with E-state index >= 15 is 0 Å². The maximum atomic E-state index is 13.8. The number of para-hydroxylation sites is 1. The molecule has 62 heavy (non-hydrogen) atoms. The lowest BCUT2D eigenvalue weighted by Crippen LogP contribution is -2.30. The molecule has 0 bridgehead atoms. The minimum Gasteiger partial charge on any atom is -0.494 e. The second-order valence-corrected chi connectivity index (χ2v) is 16.4. The van der Waals surface area contributed by atoms with E-state index in [1.54, 1.807) is 53.8 Å². The summed E-state index contributed by atoms with van der Waals surface area (Å²) in [7, 11) is 0. The third-order valence-corrected chi connectivity index (χ3v) is 11.5. The van der Waals surface area contributed by atoms with Crippen LogP contribution in [0, 0.1) is 11.8 Å². The van der Waals surface area contributed by atoms with Crippen molar-refractivity contribution < 1.29 is 42.9 Å². The van der Waals surface area contributed by atoms with E-state index in [2.05, 4.69) is 31.6 Å². The second kappa shape index (κ2) is 26.2. The Labute approximate surface area is 372 Å². The predicted molar refractivity (Wildman–Crippen MR) is 243 cm³/mol. The van der Waals surface area contributed by atoms with Gasteiger partial charge in [0.15, 0.2) is 0 Å². The molecule has 2 saturated carbocycles. The van der Waals surface area contributed by atoms with Crippen LogP contribution in [0.5, 0.6) is 17.2 Å². The van der Waals surface area contributed by atoms with Crippen LogP contribution in [0.15, 0.2) is 89.4 Å². The van der Waals surface area contributed by atoms with Crippen molar-refractivity contribution in [2.75, 3.05) is 25.2 Å². The van der Waals surface area contributed by atoms with E-state index in [9.17, 15) is 19.2 Å². The Hall–Kier alpha value is -5.30. The second-order valence-electron chi connectivity index (χ2n) is 16.0. The number of unbranched alkanes of at least 4 members (excludes halogenated alkanes) is 6. The normalized spacial score (nSPS) is 16.5. The summed E-state index contributed by atoms with van der Waals surface area (Å²) < 4.78 is 28.4. The van der Waals surface area contributed by atoms with Crippen molar-refractivity contribution in [2.24, 2.45) is 16.9 Å². The summed E-state index contributed by atoms with van der Waals surface area (Å²) in [5.41, 5.74) is 4.90. The minimum atomic E-state index is -0.514. The largest absolute Gasteiger partial charge is 0.494 e. The molecule has 334 valence electrons. The Morgan fingerprint density at radius 2 is 1.40 bits per heavy atom. The quantitative estimate of drug-likeness (QED) is 0.0169. The van der Waals surface area contributed by atoms with Crippen molar-refractivity contribution in [3.8, 4) is 17.2 Å². The fourth-order valence-corrected chi connectivity index (χ4v) is 7.73. The minimum absolute atomic E-state index is 0.135. The van der Waals surface area contributed by atoms with E-state index in [-0.39, 0.29) is 29.9 Å². The van der Waals surface area contributed by atoms with Crippen molar-refractivity contribution in [3.05, 3.63) is 90.5 Å². The number of hydrazone groups is 1. The van der Waals surface area contributed by atoms with Gasteiger partial charge in [0.2, 0.25) is 0 Å². The first-order valence-corrected chi connectivity index (χ1v) is 22.8.